The molecule has 0 saturated carbocycles. The molecule has 1 aromatic heterocycles. The number of nitrogens with one attached hydrogen (secondary N) is 1. The minimum Gasteiger partial charge on any atom is -0.494 e. The van der Waals surface area contributed by atoms with Crippen LogP contribution >= 0.6 is 0 Å². The van der Waals surface area contributed by atoms with E-state index in [0.29, 0.717) is 18.0 Å². The number of ether oxygens (including phenoxy) is 1. The van der Waals surface area contributed by atoms with Gasteiger partial charge in [0.05, 0.1) is 23.4 Å². The van der Waals surface area contributed by atoms with Gasteiger partial charge in [0.25, 0.3) is 10.0 Å². The molecular weight excluding hydrogens is 350 g/mol. The maximum absolute atomic E-state index is 12.5. The molecule has 1 saturated heterocycles. The van der Waals surface area contributed by atoms with Crippen molar-refractivity contribution in [3.05, 3.63) is 42.6 Å². The summed E-state index contributed by atoms with van der Waals surface area (Å²) in [5.41, 5.74) is 0.456. The smallest absolute Gasteiger partial charge is 0.261 e. The summed E-state index contributed by atoms with van der Waals surface area (Å²) in [6, 6.07) is 10.0. The predicted molar refractivity (Wildman–Crippen MR) is 103 cm³/mol. The monoisotopic (exact) mass is 375 g/mol. The van der Waals surface area contributed by atoms with Crippen molar-refractivity contribution in [2.24, 2.45) is 0 Å². The molecular formula is C19H25N3O3S. The number of pyridine rings is 1. The Bertz CT molecular complexity index is 797. The fourth-order valence-corrected chi connectivity index (χ4v) is 4.07. The van der Waals surface area contributed by atoms with Crippen LogP contribution in [0.25, 0.3) is 0 Å². The molecule has 3 rings (SSSR count). The van der Waals surface area contributed by atoms with Crippen LogP contribution in [0.4, 0.5) is 11.5 Å². The molecule has 7 heteroatoms. The number of benzene rings is 1. The molecule has 2 heterocycles. The van der Waals surface area contributed by atoms with Gasteiger partial charge in [-0.15, -0.1) is 0 Å². The van der Waals surface area contributed by atoms with Crippen molar-refractivity contribution >= 4 is 21.5 Å². The van der Waals surface area contributed by atoms with Crippen LogP contribution in [-0.2, 0) is 10.0 Å². The van der Waals surface area contributed by atoms with Gasteiger partial charge in [0, 0.05) is 13.1 Å². The van der Waals surface area contributed by atoms with Crippen molar-refractivity contribution in [1.82, 2.24) is 4.98 Å². The lowest BCUT2D eigenvalue weighted by atomic mass is 10.2. The van der Waals surface area contributed by atoms with Crippen molar-refractivity contribution in [2.45, 2.75) is 37.5 Å². The first-order valence-electron chi connectivity index (χ1n) is 9.05. The average Bonchev–Trinajstić information content (AvgIpc) is 2.92. The van der Waals surface area contributed by atoms with E-state index in [1.165, 1.54) is 37.8 Å². The lowest BCUT2D eigenvalue weighted by molar-refractivity contribution is 0.340. The van der Waals surface area contributed by atoms with Gasteiger partial charge in [-0.3, -0.25) is 4.72 Å². The molecule has 0 atom stereocenters. The zero-order valence-electron chi connectivity index (χ0n) is 15.0. The van der Waals surface area contributed by atoms with E-state index in [1.54, 1.807) is 24.4 Å². The molecule has 26 heavy (non-hydrogen) atoms. The van der Waals surface area contributed by atoms with Gasteiger partial charge in [0.1, 0.15) is 11.6 Å². The number of sulfonamides is 1. The highest BCUT2D eigenvalue weighted by atomic mass is 32.2. The van der Waals surface area contributed by atoms with Crippen molar-refractivity contribution in [3.63, 3.8) is 0 Å². The zero-order valence-corrected chi connectivity index (χ0v) is 15.8. The number of hydrogen-bond acceptors (Lipinski definition) is 5. The molecule has 2 aromatic rings. The van der Waals surface area contributed by atoms with E-state index in [1.807, 2.05) is 13.0 Å². The Kier molecular flexibility index (Phi) is 5.98. The summed E-state index contributed by atoms with van der Waals surface area (Å²) in [4.78, 5) is 6.89. The van der Waals surface area contributed by atoms with Gasteiger partial charge in [-0.25, -0.2) is 13.4 Å². The molecule has 140 valence electrons. The van der Waals surface area contributed by atoms with Crippen molar-refractivity contribution in [2.75, 3.05) is 29.3 Å². The number of hydrogen-bond donors (Lipinski definition) is 1. The van der Waals surface area contributed by atoms with Crippen LogP contribution in [0.15, 0.2) is 47.5 Å². The van der Waals surface area contributed by atoms with Crippen LogP contribution in [0.1, 0.15) is 32.6 Å². The van der Waals surface area contributed by atoms with Gasteiger partial charge in [-0.2, -0.15) is 0 Å². The summed E-state index contributed by atoms with van der Waals surface area (Å²) in [6.45, 7) is 4.43. The van der Waals surface area contributed by atoms with E-state index in [2.05, 4.69) is 14.6 Å². The minimum atomic E-state index is -3.65. The molecule has 0 unspecified atom stereocenters. The summed E-state index contributed by atoms with van der Waals surface area (Å²) < 4.78 is 32.9. The lowest BCUT2D eigenvalue weighted by Crippen LogP contribution is -2.24. The largest absolute Gasteiger partial charge is 0.494 e. The Morgan fingerprint density at radius 1 is 1.04 bits per heavy atom. The average molecular weight is 375 g/mol. The normalized spacial score (nSPS) is 15.3. The van der Waals surface area contributed by atoms with Gasteiger partial charge >= 0.3 is 0 Å². The highest BCUT2D eigenvalue weighted by Crippen LogP contribution is 2.22. The summed E-state index contributed by atoms with van der Waals surface area (Å²) in [5.74, 6) is 1.55. The third-order valence-electron chi connectivity index (χ3n) is 4.38. The first kappa shape index (κ1) is 18.5. The molecule has 1 aliphatic heterocycles. The van der Waals surface area contributed by atoms with Crippen LogP contribution in [-0.4, -0.2) is 33.1 Å². The Morgan fingerprint density at radius 2 is 1.73 bits per heavy atom. The van der Waals surface area contributed by atoms with E-state index in [9.17, 15) is 8.42 Å². The third kappa shape index (κ3) is 4.66. The van der Waals surface area contributed by atoms with Crippen LogP contribution in [0, 0.1) is 0 Å². The van der Waals surface area contributed by atoms with Gasteiger partial charge in [-0.1, -0.05) is 12.8 Å². The van der Waals surface area contributed by atoms with Crippen molar-refractivity contribution in [1.29, 1.82) is 0 Å². The molecule has 0 amide bonds. The van der Waals surface area contributed by atoms with Gasteiger partial charge < -0.3 is 9.64 Å². The zero-order chi connectivity index (χ0) is 18.4. The molecule has 0 bridgehead atoms. The summed E-state index contributed by atoms with van der Waals surface area (Å²) >= 11 is 0. The quantitative estimate of drug-likeness (QED) is 0.834. The summed E-state index contributed by atoms with van der Waals surface area (Å²) in [7, 11) is -3.65. The number of aromatic nitrogens is 1. The second kappa shape index (κ2) is 8.40. The van der Waals surface area contributed by atoms with Gasteiger partial charge in [0.15, 0.2) is 0 Å². The second-order valence-corrected chi connectivity index (χ2v) is 8.00. The lowest BCUT2D eigenvalue weighted by Gasteiger charge is -2.21. The Hall–Kier alpha value is -2.28. The predicted octanol–water partition coefficient (Wildman–Crippen LogP) is 3.66. The molecule has 6 nitrogen and oxygen atoms in total. The summed E-state index contributed by atoms with van der Waals surface area (Å²) in [5, 5.41) is 0. The molecule has 0 radical (unpaired) electrons. The highest BCUT2D eigenvalue weighted by molar-refractivity contribution is 7.92. The fourth-order valence-electron chi connectivity index (χ4n) is 3.03. The first-order chi connectivity index (χ1) is 12.6. The summed E-state index contributed by atoms with van der Waals surface area (Å²) in [6.07, 6.45) is 6.45. The van der Waals surface area contributed by atoms with Gasteiger partial charge in [-0.05, 0) is 56.2 Å². The van der Waals surface area contributed by atoms with E-state index < -0.39 is 10.0 Å². The Balaban J connectivity index is 1.69. The molecule has 0 aliphatic carbocycles. The molecule has 1 fully saturated rings. The molecule has 1 aliphatic rings. The van der Waals surface area contributed by atoms with Crippen LogP contribution < -0.4 is 14.4 Å². The number of nitrogens with zero attached hydrogens (tertiary/aromatic N) is 2. The first-order valence-corrected chi connectivity index (χ1v) is 10.5. The topological polar surface area (TPSA) is 71.5 Å². The van der Waals surface area contributed by atoms with Gasteiger partial charge in [0.2, 0.25) is 0 Å². The minimum absolute atomic E-state index is 0.192. The van der Waals surface area contributed by atoms with Crippen LogP contribution in [0.3, 0.4) is 0 Å². The maximum Gasteiger partial charge on any atom is 0.261 e. The maximum atomic E-state index is 12.5. The van der Waals surface area contributed by atoms with E-state index in [-0.39, 0.29) is 4.90 Å². The Labute approximate surface area is 155 Å². The third-order valence-corrected chi connectivity index (χ3v) is 5.77. The second-order valence-electron chi connectivity index (χ2n) is 6.32. The van der Waals surface area contributed by atoms with Crippen molar-refractivity contribution < 1.29 is 13.2 Å². The molecule has 1 N–H and O–H groups in total. The van der Waals surface area contributed by atoms with Crippen molar-refractivity contribution in [3.8, 4) is 5.75 Å². The van der Waals surface area contributed by atoms with E-state index in [0.717, 1.165) is 18.9 Å². The highest BCUT2D eigenvalue weighted by Gasteiger charge is 2.15. The molecule has 1 aromatic carbocycles. The number of rotatable bonds is 6. The fraction of sp³-hybridized carbons (Fsp3) is 0.421. The van der Waals surface area contributed by atoms with E-state index >= 15 is 0 Å². The SMILES string of the molecule is CCOc1ccc(S(=O)(=O)Nc2ccc(N3CCCCCC3)nc2)cc1. The van der Waals surface area contributed by atoms with Crippen LogP contribution in [0.2, 0.25) is 0 Å². The van der Waals surface area contributed by atoms with E-state index in [4.69, 9.17) is 4.74 Å². The Morgan fingerprint density at radius 3 is 2.31 bits per heavy atom. The molecule has 0 spiro atoms. The number of anilines is 2. The van der Waals surface area contributed by atoms with Crippen LogP contribution in [0.5, 0.6) is 5.75 Å². The standard InChI is InChI=1S/C19H25N3O3S/c1-2-25-17-8-10-18(11-9-17)26(23,24)21-16-7-12-19(20-15-16)22-13-5-3-4-6-14-22/h7-12,15,21H,2-6,13-14H2,1H3.